The van der Waals surface area contributed by atoms with Crippen molar-refractivity contribution in [3.8, 4) is 84.4 Å². The van der Waals surface area contributed by atoms with E-state index in [-0.39, 0.29) is 0 Å². The molecule has 0 spiro atoms. The number of nitrogens with zero attached hydrogens (tertiary/aromatic N) is 4. The summed E-state index contributed by atoms with van der Waals surface area (Å²) < 4.78 is 5.01. The Morgan fingerprint density at radius 2 is 0.721 bits per heavy atom. The molecule has 68 heavy (non-hydrogen) atoms. The van der Waals surface area contributed by atoms with Crippen LogP contribution in [0.1, 0.15) is 0 Å². The number of hydrogen-bond acceptors (Lipinski definition) is 4. The SMILES string of the molecule is c1ccc(-c2ccc(-c3nc(-c4ccc(-c5ccccc5)cc4)nc(-c4ccc(-n5c6ccccc6c6cc(-c7cccc(-c8cccc9c8sc8ccccc89)c7)ccc65)cc4)n3)cc2)cc1. The molecule has 0 aliphatic heterocycles. The Bertz CT molecular complexity index is 3880. The molecule has 13 rings (SSSR count). The number of benzene rings is 10. The normalized spacial score (nSPS) is 11.5. The lowest BCUT2D eigenvalue weighted by molar-refractivity contribution is 1.07. The van der Waals surface area contributed by atoms with Crippen LogP contribution in [0, 0.1) is 0 Å². The predicted molar refractivity (Wildman–Crippen MR) is 285 cm³/mol. The van der Waals surface area contributed by atoms with Gasteiger partial charge in [-0.25, -0.2) is 15.0 Å². The van der Waals surface area contributed by atoms with Crippen molar-refractivity contribution < 1.29 is 0 Å². The van der Waals surface area contributed by atoms with Crippen LogP contribution in [0.5, 0.6) is 0 Å². The highest BCUT2D eigenvalue weighted by Gasteiger charge is 2.17. The lowest BCUT2D eigenvalue weighted by atomic mass is 9.97. The van der Waals surface area contributed by atoms with Crippen molar-refractivity contribution in [2.75, 3.05) is 0 Å². The lowest BCUT2D eigenvalue weighted by Gasteiger charge is -2.12. The van der Waals surface area contributed by atoms with Crippen LogP contribution in [0.15, 0.2) is 243 Å². The Balaban J connectivity index is 0.868. The maximum atomic E-state index is 5.12. The molecule has 0 saturated heterocycles. The van der Waals surface area contributed by atoms with Gasteiger partial charge in [-0.1, -0.05) is 188 Å². The Hall–Kier alpha value is -8.77. The van der Waals surface area contributed by atoms with Gasteiger partial charge in [-0.15, -0.1) is 11.3 Å². The van der Waals surface area contributed by atoms with E-state index in [1.807, 2.05) is 23.5 Å². The van der Waals surface area contributed by atoms with Crippen molar-refractivity contribution in [3.05, 3.63) is 243 Å². The minimum absolute atomic E-state index is 0.619. The van der Waals surface area contributed by atoms with Crippen LogP contribution in [0.4, 0.5) is 0 Å². The topological polar surface area (TPSA) is 43.6 Å². The van der Waals surface area contributed by atoms with E-state index in [0.717, 1.165) is 44.5 Å². The van der Waals surface area contributed by atoms with Crippen LogP contribution in [-0.2, 0) is 0 Å². The monoisotopic (exact) mass is 884 g/mol. The summed E-state index contributed by atoms with van der Waals surface area (Å²) in [4.78, 5) is 15.3. The molecule has 3 aromatic heterocycles. The summed E-state index contributed by atoms with van der Waals surface area (Å²) in [5, 5.41) is 5.05. The average Bonchev–Trinajstić information content (AvgIpc) is 3.97. The third-order valence-corrected chi connectivity index (χ3v) is 14.3. The summed E-state index contributed by atoms with van der Waals surface area (Å²) in [6.45, 7) is 0. The van der Waals surface area contributed by atoms with Crippen LogP contribution >= 0.6 is 11.3 Å². The Kier molecular flexibility index (Phi) is 9.66. The van der Waals surface area contributed by atoms with Gasteiger partial charge in [-0.2, -0.15) is 0 Å². The van der Waals surface area contributed by atoms with Crippen molar-refractivity contribution in [1.82, 2.24) is 19.5 Å². The van der Waals surface area contributed by atoms with Crippen molar-refractivity contribution >= 4 is 53.3 Å². The molecular formula is C63H40N4S. The standard InChI is InChI=1S/C63H40N4S/c1-3-13-41(14-4-1)43-25-29-45(30-26-43)61-64-62(46-31-27-44(28-32-46)42-15-5-2-6-16-42)66-63(65-61)47-33-36-51(37-34-47)67-57-23-9-7-19-53(57)56-40-49(35-38-58(56)67)48-17-11-18-50(39-48)52-21-12-22-55-54-20-8-10-24-59(54)68-60(52)55/h1-40H. The van der Waals surface area contributed by atoms with Gasteiger partial charge >= 0.3 is 0 Å². The van der Waals surface area contributed by atoms with Crippen molar-refractivity contribution in [3.63, 3.8) is 0 Å². The minimum Gasteiger partial charge on any atom is -0.309 e. The van der Waals surface area contributed by atoms with Crippen LogP contribution in [0.2, 0.25) is 0 Å². The maximum absolute atomic E-state index is 5.12. The van der Waals surface area contributed by atoms with Crippen LogP contribution in [-0.4, -0.2) is 19.5 Å². The highest BCUT2D eigenvalue weighted by molar-refractivity contribution is 7.26. The first kappa shape index (κ1) is 39.6. The molecule has 0 bridgehead atoms. The van der Waals surface area contributed by atoms with E-state index in [1.165, 1.54) is 64.3 Å². The van der Waals surface area contributed by atoms with Crippen LogP contribution < -0.4 is 0 Å². The van der Waals surface area contributed by atoms with Crippen molar-refractivity contribution in [2.24, 2.45) is 0 Å². The molecule has 0 N–H and O–H groups in total. The first-order chi connectivity index (χ1) is 33.7. The highest BCUT2D eigenvalue weighted by atomic mass is 32.1. The second kappa shape index (κ2) is 16.6. The number of rotatable bonds is 8. The molecule has 10 aromatic carbocycles. The van der Waals surface area contributed by atoms with Crippen LogP contribution in [0.25, 0.3) is 126 Å². The minimum atomic E-state index is 0.619. The lowest BCUT2D eigenvalue weighted by Crippen LogP contribution is -2.00. The fourth-order valence-electron chi connectivity index (χ4n) is 9.68. The second-order valence-electron chi connectivity index (χ2n) is 17.2. The largest absolute Gasteiger partial charge is 0.309 e. The third-order valence-electron chi connectivity index (χ3n) is 13.1. The quantitative estimate of drug-likeness (QED) is 0.153. The Morgan fingerprint density at radius 1 is 0.279 bits per heavy atom. The molecule has 13 aromatic rings. The summed E-state index contributed by atoms with van der Waals surface area (Å²) in [5.74, 6) is 1.87. The summed E-state index contributed by atoms with van der Waals surface area (Å²) in [6.07, 6.45) is 0. The molecule has 318 valence electrons. The molecule has 0 aliphatic carbocycles. The van der Waals surface area contributed by atoms with Gasteiger partial charge in [0.2, 0.25) is 0 Å². The van der Waals surface area contributed by atoms with E-state index < -0.39 is 0 Å². The molecule has 0 aliphatic rings. The molecule has 3 heterocycles. The molecule has 0 unspecified atom stereocenters. The van der Waals surface area contributed by atoms with Gasteiger partial charge < -0.3 is 4.57 Å². The summed E-state index contributed by atoms with van der Waals surface area (Å²) in [5.41, 5.74) is 15.6. The van der Waals surface area contributed by atoms with E-state index in [0.29, 0.717) is 17.5 Å². The zero-order valence-electron chi connectivity index (χ0n) is 36.8. The fourth-order valence-corrected chi connectivity index (χ4v) is 10.9. The third kappa shape index (κ3) is 7.05. The van der Waals surface area contributed by atoms with Crippen LogP contribution in [0.3, 0.4) is 0 Å². The molecular weight excluding hydrogens is 845 g/mol. The zero-order valence-corrected chi connectivity index (χ0v) is 37.6. The average molecular weight is 885 g/mol. The maximum Gasteiger partial charge on any atom is 0.164 e. The first-order valence-electron chi connectivity index (χ1n) is 22.9. The second-order valence-corrected chi connectivity index (χ2v) is 18.2. The molecule has 4 nitrogen and oxygen atoms in total. The predicted octanol–water partition coefficient (Wildman–Crippen LogP) is 17.0. The summed E-state index contributed by atoms with van der Waals surface area (Å²) >= 11 is 1.87. The van der Waals surface area contributed by atoms with E-state index >= 15 is 0 Å². The number of para-hydroxylation sites is 1. The molecule has 0 fully saturated rings. The van der Waals surface area contributed by atoms with E-state index in [9.17, 15) is 0 Å². The van der Waals surface area contributed by atoms with E-state index in [2.05, 4.69) is 235 Å². The molecule has 0 radical (unpaired) electrons. The number of fused-ring (bicyclic) bond motifs is 6. The van der Waals surface area contributed by atoms with Gasteiger partial charge in [-0.3, -0.25) is 0 Å². The fraction of sp³-hybridized carbons (Fsp3) is 0. The van der Waals surface area contributed by atoms with Gasteiger partial charge in [0.25, 0.3) is 0 Å². The number of aromatic nitrogens is 4. The Labute approximate surface area is 397 Å². The summed E-state index contributed by atoms with van der Waals surface area (Å²) in [6, 6.07) is 86.4. The van der Waals surface area contributed by atoms with E-state index in [4.69, 9.17) is 15.0 Å². The summed E-state index contributed by atoms with van der Waals surface area (Å²) in [7, 11) is 0. The van der Waals surface area contributed by atoms with Crippen molar-refractivity contribution in [1.29, 1.82) is 0 Å². The van der Waals surface area contributed by atoms with Gasteiger partial charge in [-0.05, 0) is 99.1 Å². The van der Waals surface area contributed by atoms with Gasteiger partial charge in [0.1, 0.15) is 0 Å². The van der Waals surface area contributed by atoms with E-state index in [1.54, 1.807) is 0 Å². The molecule has 0 amide bonds. The van der Waals surface area contributed by atoms with Gasteiger partial charge in [0.05, 0.1) is 11.0 Å². The first-order valence-corrected chi connectivity index (χ1v) is 23.7. The number of thiophene rings is 1. The van der Waals surface area contributed by atoms with Gasteiger partial charge in [0.15, 0.2) is 17.5 Å². The number of hydrogen-bond donors (Lipinski definition) is 0. The molecule has 5 heteroatoms. The van der Waals surface area contributed by atoms with Gasteiger partial charge in [0, 0.05) is 53.3 Å². The van der Waals surface area contributed by atoms with Crippen molar-refractivity contribution in [2.45, 2.75) is 0 Å². The smallest absolute Gasteiger partial charge is 0.164 e. The Morgan fingerprint density at radius 3 is 1.37 bits per heavy atom. The molecule has 0 atom stereocenters. The zero-order chi connectivity index (χ0) is 45.0. The highest BCUT2D eigenvalue weighted by Crippen LogP contribution is 2.42. The molecule has 0 saturated carbocycles.